The van der Waals surface area contributed by atoms with Gasteiger partial charge in [-0.25, -0.2) is 4.98 Å². The molecule has 1 aromatic heterocycles. The van der Waals surface area contributed by atoms with Gasteiger partial charge in [-0.2, -0.15) is 0 Å². The van der Waals surface area contributed by atoms with Gasteiger partial charge in [0.2, 0.25) is 5.91 Å². The molecule has 0 N–H and O–H groups in total. The van der Waals surface area contributed by atoms with Gasteiger partial charge in [-0.15, -0.1) is 0 Å². The maximum Gasteiger partial charge on any atom is 0.222 e. The van der Waals surface area contributed by atoms with Crippen molar-refractivity contribution < 1.29 is 4.79 Å². The number of fused-ring (bicyclic) bond motifs is 1. The van der Waals surface area contributed by atoms with Crippen molar-refractivity contribution in [2.75, 3.05) is 6.54 Å². The number of nitrogens with zero attached hydrogens (tertiary/aromatic N) is 3. The maximum atomic E-state index is 12.4. The number of para-hydroxylation sites is 2. The van der Waals surface area contributed by atoms with Gasteiger partial charge in [0, 0.05) is 19.5 Å². The fourth-order valence-electron chi connectivity index (χ4n) is 3.94. The number of allylic oxidation sites excluding steroid dienone is 1. The lowest BCUT2D eigenvalue weighted by molar-refractivity contribution is -0.131. The largest absolute Gasteiger partial charge is 0.333 e. The summed E-state index contributed by atoms with van der Waals surface area (Å²) in [4.78, 5) is 19.3. The topological polar surface area (TPSA) is 38.1 Å². The molecule has 0 spiro atoms. The zero-order valence-electron chi connectivity index (χ0n) is 15.7. The van der Waals surface area contributed by atoms with Crippen molar-refractivity contribution in [2.24, 2.45) is 0 Å². The van der Waals surface area contributed by atoms with E-state index in [9.17, 15) is 4.79 Å². The molecule has 1 aliphatic rings. The lowest BCUT2D eigenvalue weighted by Crippen LogP contribution is -2.31. The molecule has 1 amide bonds. The minimum absolute atomic E-state index is 0.0787. The number of rotatable bonds is 5. The molecule has 0 radical (unpaired) electrons. The van der Waals surface area contributed by atoms with Crippen LogP contribution in [0.15, 0.2) is 60.7 Å². The molecule has 1 aliphatic heterocycles. The number of hydrogen-bond donors (Lipinski definition) is 0. The van der Waals surface area contributed by atoms with Crippen molar-refractivity contribution in [3.63, 3.8) is 0 Å². The van der Waals surface area contributed by atoms with Crippen LogP contribution in [0.2, 0.25) is 0 Å². The molecule has 0 saturated carbocycles. The van der Waals surface area contributed by atoms with Crippen LogP contribution in [0.3, 0.4) is 0 Å². The van der Waals surface area contributed by atoms with Gasteiger partial charge < -0.3 is 9.47 Å². The molecule has 1 saturated heterocycles. The van der Waals surface area contributed by atoms with Gasteiger partial charge in [0.15, 0.2) is 0 Å². The van der Waals surface area contributed by atoms with Crippen LogP contribution in [0.4, 0.5) is 0 Å². The molecular weight excluding hydrogens is 334 g/mol. The Morgan fingerprint density at radius 1 is 1.15 bits per heavy atom. The molecule has 0 aliphatic carbocycles. The summed E-state index contributed by atoms with van der Waals surface area (Å²) in [5.41, 5.74) is 3.31. The molecule has 4 rings (SSSR count). The zero-order chi connectivity index (χ0) is 18.6. The van der Waals surface area contributed by atoms with Crippen molar-refractivity contribution in [3.05, 3.63) is 72.1 Å². The number of hydrogen-bond acceptors (Lipinski definition) is 2. The van der Waals surface area contributed by atoms with Crippen molar-refractivity contribution in [3.8, 4) is 0 Å². The van der Waals surface area contributed by atoms with E-state index in [1.54, 1.807) is 0 Å². The van der Waals surface area contributed by atoms with E-state index in [0.717, 1.165) is 42.8 Å². The van der Waals surface area contributed by atoms with E-state index in [0.29, 0.717) is 6.42 Å². The number of aromatic nitrogens is 2. The van der Waals surface area contributed by atoms with Crippen LogP contribution in [0, 0.1) is 0 Å². The third kappa shape index (κ3) is 3.52. The van der Waals surface area contributed by atoms with Crippen LogP contribution in [-0.4, -0.2) is 26.9 Å². The number of benzene rings is 2. The van der Waals surface area contributed by atoms with E-state index in [2.05, 4.69) is 47.1 Å². The van der Waals surface area contributed by atoms with Crippen LogP contribution in [-0.2, 0) is 11.3 Å². The quantitative estimate of drug-likeness (QED) is 0.655. The first-order chi connectivity index (χ1) is 13.3. The molecule has 0 unspecified atom stereocenters. The second kappa shape index (κ2) is 7.78. The van der Waals surface area contributed by atoms with Crippen molar-refractivity contribution >= 4 is 23.0 Å². The fourth-order valence-corrected chi connectivity index (χ4v) is 3.94. The minimum Gasteiger partial charge on any atom is -0.333 e. The third-order valence-corrected chi connectivity index (χ3v) is 5.26. The average Bonchev–Trinajstić information content (AvgIpc) is 3.33. The van der Waals surface area contributed by atoms with E-state index in [-0.39, 0.29) is 11.9 Å². The van der Waals surface area contributed by atoms with Crippen molar-refractivity contribution in [2.45, 2.75) is 38.8 Å². The van der Waals surface area contributed by atoms with E-state index >= 15 is 0 Å². The van der Waals surface area contributed by atoms with Gasteiger partial charge in [0.05, 0.1) is 17.1 Å². The maximum absolute atomic E-state index is 12.4. The fraction of sp³-hybridized carbons (Fsp3) is 0.304. The molecule has 2 heterocycles. The second-order valence-electron chi connectivity index (χ2n) is 6.98. The highest BCUT2D eigenvalue weighted by molar-refractivity contribution is 5.78. The summed E-state index contributed by atoms with van der Waals surface area (Å²) < 4.78 is 2.26. The third-order valence-electron chi connectivity index (χ3n) is 5.26. The lowest BCUT2D eigenvalue weighted by Gasteiger charge is -2.24. The first-order valence-electron chi connectivity index (χ1n) is 9.74. The summed E-state index contributed by atoms with van der Waals surface area (Å²) in [6.07, 6.45) is 6.89. The van der Waals surface area contributed by atoms with Crippen LogP contribution in [0.1, 0.15) is 43.6 Å². The summed E-state index contributed by atoms with van der Waals surface area (Å²) in [5.74, 6) is 1.23. The Kier molecular flexibility index (Phi) is 5.05. The molecular formula is C23H25N3O. The Bertz CT molecular complexity index is 958. The zero-order valence-corrected chi connectivity index (χ0v) is 15.7. The van der Waals surface area contributed by atoms with Crippen LogP contribution in [0.25, 0.3) is 17.1 Å². The van der Waals surface area contributed by atoms with Gasteiger partial charge in [0.25, 0.3) is 0 Å². The standard InChI is InChI=1S/C23H25N3O/c1-2-22(27)25-16-9-15-21(25)23-24-19-13-6-7-14-20(19)26(23)17-8-12-18-10-4-3-5-11-18/h3-8,10-14,21H,2,9,15-17H2,1H3/b12-8+/t21-/m0/s1. The van der Waals surface area contributed by atoms with Crippen LogP contribution >= 0.6 is 0 Å². The minimum atomic E-state index is 0.0787. The monoisotopic (exact) mass is 359 g/mol. The van der Waals surface area contributed by atoms with Crippen molar-refractivity contribution in [1.82, 2.24) is 14.5 Å². The van der Waals surface area contributed by atoms with Gasteiger partial charge in [-0.3, -0.25) is 4.79 Å². The second-order valence-corrected chi connectivity index (χ2v) is 6.98. The van der Waals surface area contributed by atoms with Crippen LogP contribution < -0.4 is 0 Å². The molecule has 27 heavy (non-hydrogen) atoms. The highest BCUT2D eigenvalue weighted by Crippen LogP contribution is 2.33. The smallest absolute Gasteiger partial charge is 0.222 e. The van der Waals surface area contributed by atoms with E-state index in [1.165, 1.54) is 5.56 Å². The molecule has 4 nitrogen and oxygen atoms in total. The number of likely N-dealkylation sites (tertiary alicyclic amines) is 1. The number of carbonyl (C=O) groups excluding carboxylic acids is 1. The number of carbonyl (C=O) groups is 1. The summed E-state index contributed by atoms with van der Waals surface area (Å²) >= 11 is 0. The highest BCUT2D eigenvalue weighted by atomic mass is 16.2. The summed E-state index contributed by atoms with van der Waals surface area (Å²) in [7, 11) is 0. The van der Waals surface area contributed by atoms with E-state index in [1.807, 2.05) is 36.1 Å². The summed E-state index contributed by atoms with van der Waals surface area (Å²) in [6.45, 7) is 3.51. The van der Waals surface area contributed by atoms with Crippen molar-refractivity contribution in [1.29, 1.82) is 0 Å². The normalized spacial score (nSPS) is 17.2. The van der Waals surface area contributed by atoms with E-state index in [4.69, 9.17) is 4.98 Å². The van der Waals surface area contributed by atoms with Gasteiger partial charge in [-0.1, -0.05) is 61.5 Å². The van der Waals surface area contributed by atoms with Crippen LogP contribution in [0.5, 0.6) is 0 Å². The first kappa shape index (κ1) is 17.5. The molecule has 1 atom stereocenters. The van der Waals surface area contributed by atoms with E-state index < -0.39 is 0 Å². The molecule has 1 fully saturated rings. The van der Waals surface area contributed by atoms with Gasteiger partial charge >= 0.3 is 0 Å². The molecule has 3 aromatic rings. The predicted molar refractivity (Wildman–Crippen MR) is 109 cm³/mol. The predicted octanol–water partition coefficient (Wildman–Crippen LogP) is 4.82. The Balaban J connectivity index is 1.69. The molecule has 4 heteroatoms. The molecule has 138 valence electrons. The van der Waals surface area contributed by atoms with Gasteiger partial charge in [-0.05, 0) is 30.5 Å². The SMILES string of the molecule is CCC(=O)N1CCC[C@H]1c1nc2ccccc2n1C/C=C/c1ccccc1. The Morgan fingerprint density at radius 3 is 2.74 bits per heavy atom. The highest BCUT2D eigenvalue weighted by Gasteiger charge is 2.32. The number of imidazole rings is 1. The lowest BCUT2D eigenvalue weighted by atomic mass is 10.2. The van der Waals surface area contributed by atoms with Gasteiger partial charge in [0.1, 0.15) is 5.82 Å². The first-order valence-corrected chi connectivity index (χ1v) is 9.74. The summed E-state index contributed by atoms with van der Waals surface area (Å²) in [6, 6.07) is 18.6. The molecule has 0 bridgehead atoms. The number of amides is 1. The Hall–Kier alpha value is -2.88. The molecule has 2 aromatic carbocycles. The Morgan fingerprint density at radius 2 is 1.93 bits per heavy atom. The summed E-state index contributed by atoms with van der Waals surface area (Å²) in [5, 5.41) is 0. The Labute approximate surface area is 160 Å². The average molecular weight is 359 g/mol.